The lowest BCUT2D eigenvalue weighted by Crippen LogP contribution is -2.41. The molecule has 1 atom stereocenters. The number of hydrogen-bond acceptors (Lipinski definition) is 7. The van der Waals surface area contributed by atoms with Gasteiger partial charge in [0.25, 0.3) is 11.9 Å². The fourth-order valence-corrected chi connectivity index (χ4v) is 5.09. The second kappa shape index (κ2) is 7.30. The maximum Gasteiger partial charge on any atom is 0.437 e. The zero-order chi connectivity index (χ0) is 22.7. The summed E-state index contributed by atoms with van der Waals surface area (Å²) in [6.07, 6.45) is -1.25. The normalized spacial score (nSPS) is 18.5. The van der Waals surface area contributed by atoms with E-state index in [2.05, 4.69) is 25.3 Å². The van der Waals surface area contributed by atoms with E-state index < -0.39 is 29.6 Å². The van der Waals surface area contributed by atoms with Gasteiger partial charge in [0.15, 0.2) is 5.69 Å². The van der Waals surface area contributed by atoms with Crippen molar-refractivity contribution >= 4 is 33.5 Å². The molecule has 0 bridgehead atoms. The van der Waals surface area contributed by atoms with Gasteiger partial charge in [0.2, 0.25) is 5.76 Å². The van der Waals surface area contributed by atoms with Gasteiger partial charge in [-0.25, -0.2) is 9.97 Å². The lowest BCUT2D eigenvalue weighted by atomic mass is 10.0. The van der Waals surface area contributed by atoms with Gasteiger partial charge >= 0.3 is 6.18 Å². The molecule has 1 fully saturated rings. The van der Waals surface area contributed by atoms with Crippen LogP contribution in [0.2, 0.25) is 0 Å². The van der Waals surface area contributed by atoms with E-state index in [0.717, 1.165) is 28.8 Å². The van der Waals surface area contributed by atoms with Gasteiger partial charge in [-0.15, -0.1) is 11.3 Å². The fourth-order valence-electron chi connectivity index (χ4n) is 4.00. The Morgan fingerprint density at radius 2 is 2.06 bits per heavy atom. The van der Waals surface area contributed by atoms with E-state index in [-0.39, 0.29) is 18.6 Å². The molecule has 170 valence electrons. The number of fused-ring (bicyclic) bond motifs is 2. The summed E-state index contributed by atoms with van der Waals surface area (Å²) in [5.41, 5.74) is 0.816. The van der Waals surface area contributed by atoms with Crippen LogP contribution in [0.5, 0.6) is 0 Å². The number of para-hydroxylation sites is 1. The number of halogens is 3. The molecule has 0 unspecified atom stereocenters. The number of alkyl halides is 3. The Morgan fingerprint density at radius 3 is 2.82 bits per heavy atom. The average Bonchev–Trinajstić information content (AvgIpc) is 3.19. The molecule has 4 heterocycles. The van der Waals surface area contributed by atoms with Crippen molar-refractivity contribution in [2.45, 2.75) is 37.5 Å². The summed E-state index contributed by atoms with van der Waals surface area (Å²) in [6.45, 7) is 0.179. The van der Waals surface area contributed by atoms with E-state index in [1.54, 1.807) is 0 Å². The number of H-pyrrole nitrogens is 1. The summed E-state index contributed by atoms with van der Waals surface area (Å²) < 4.78 is 47.5. The molecule has 1 aliphatic heterocycles. The van der Waals surface area contributed by atoms with Crippen LogP contribution in [0.25, 0.3) is 10.2 Å². The number of aromatic nitrogens is 4. The van der Waals surface area contributed by atoms with Crippen molar-refractivity contribution in [3.8, 4) is 0 Å². The third kappa shape index (κ3) is 3.54. The van der Waals surface area contributed by atoms with E-state index in [9.17, 15) is 18.0 Å². The van der Waals surface area contributed by atoms with Crippen LogP contribution in [-0.4, -0.2) is 43.3 Å². The van der Waals surface area contributed by atoms with E-state index in [0.29, 0.717) is 17.1 Å². The quantitative estimate of drug-likeness (QED) is 0.455. The molecule has 0 spiro atoms. The van der Waals surface area contributed by atoms with E-state index >= 15 is 0 Å². The summed E-state index contributed by atoms with van der Waals surface area (Å²) in [4.78, 5) is 30.5. The summed E-state index contributed by atoms with van der Waals surface area (Å²) in [5, 5.41) is 3.37. The number of carbonyl (C=O) groups is 1. The molecule has 0 radical (unpaired) electrons. The van der Waals surface area contributed by atoms with Crippen molar-refractivity contribution in [1.82, 2.24) is 24.8 Å². The van der Waals surface area contributed by atoms with Gasteiger partial charge in [-0.1, -0.05) is 12.1 Å². The van der Waals surface area contributed by atoms with Gasteiger partial charge in [0.05, 0.1) is 22.2 Å². The Balaban J connectivity index is 1.43. The second-order valence-electron chi connectivity index (χ2n) is 8.05. The van der Waals surface area contributed by atoms with E-state index in [1.807, 2.05) is 24.3 Å². The Hall–Kier alpha value is -3.41. The highest BCUT2D eigenvalue weighted by molar-refractivity contribution is 7.18. The first kappa shape index (κ1) is 20.2. The number of carbonyl (C=O) groups excluding carboxylic acids is 1. The van der Waals surface area contributed by atoms with Crippen LogP contribution < -0.4 is 5.32 Å². The summed E-state index contributed by atoms with van der Waals surface area (Å²) in [5.74, 6) is -1.72. The molecule has 1 saturated carbocycles. The number of aromatic amines is 1. The SMILES string of the molecule is O=C(c1oc(NC2CC2)nc1C(F)(F)F)N1CCc2[nH]cnc2[C@H]1c1nc2ccccc2s1. The Bertz CT molecular complexity index is 1320. The summed E-state index contributed by atoms with van der Waals surface area (Å²) in [7, 11) is 0. The summed E-state index contributed by atoms with van der Waals surface area (Å²) in [6, 6.07) is 6.48. The number of oxazole rings is 1. The number of anilines is 1. The molecule has 6 rings (SSSR count). The van der Waals surface area contributed by atoms with Gasteiger partial charge in [-0.3, -0.25) is 4.79 Å². The van der Waals surface area contributed by atoms with Crippen LogP contribution in [0.1, 0.15) is 51.5 Å². The fraction of sp³-hybridized carbons (Fsp3) is 0.333. The molecule has 1 aromatic carbocycles. The highest BCUT2D eigenvalue weighted by Gasteiger charge is 2.45. The third-order valence-corrected chi connectivity index (χ3v) is 6.81. The number of benzene rings is 1. The van der Waals surface area contributed by atoms with Crippen LogP contribution in [-0.2, 0) is 12.6 Å². The lowest BCUT2D eigenvalue weighted by molar-refractivity contribution is -0.141. The highest BCUT2D eigenvalue weighted by Crippen LogP contribution is 2.40. The van der Waals surface area contributed by atoms with Crippen LogP contribution in [0.15, 0.2) is 35.0 Å². The maximum absolute atomic E-state index is 13.7. The molecule has 3 aromatic heterocycles. The van der Waals surface area contributed by atoms with Crippen molar-refractivity contribution in [3.05, 3.63) is 58.4 Å². The lowest BCUT2D eigenvalue weighted by Gasteiger charge is -2.33. The topological polar surface area (TPSA) is 99.9 Å². The van der Waals surface area contributed by atoms with Crippen molar-refractivity contribution in [2.24, 2.45) is 0 Å². The molecule has 1 amide bonds. The first-order valence-electron chi connectivity index (χ1n) is 10.4. The monoisotopic (exact) mass is 474 g/mol. The van der Waals surface area contributed by atoms with Gasteiger partial charge in [-0.05, 0) is 25.0 Å². The largest absolute Gasteiger partial charge is 0.437 e. The molecule has 4 aromatic rings. The van der Waals surface area contributed by atoms with E-state index in [1.165, 1.54) is 22.6 Å². The Kier molecular flexibility index (Phi) is 4.47. The van der Waals surface area contributed by atoms with Gasteiger partial charge in [0.1, 0.15) is 11.0 Å². The Morgan fingerprint density at radius 1 is 1.24 bits per heavy atom. The molecule has 8 nitrogen and oxygen atoms in total. The van der Waals surface area contributed by atoms with Crippen LogP contribution in [0.4, 0.5) is 19.2 Å². The smallest absolute Gasteiger partial charge is 0.418 e. The first-order chi connectivity index (χ1) is 15.9. The Labute approximate surface area is 188 Å². The summed E-state index contributed by atoms with van der Waals surface area (Å²) >= 11 is 1.38. The van der Waals surface area contributed by atoms with Crippen LogP contribution >= 0.6 is 11.3 Å². The van der Waals surface area contributed by atoms with Crippen LogP contribution in [0, 0.1) is 0 Å². The van der Waals surface area contributed by atoms with Crippen molar-refractivity contribution in [2.75, 3.05) is 11.9 Å². The minimum absolute atomic E-state index is 0.0183. The van der Waals surface area contributed by atoms with Crippen LogP contribution in [0.3, 0.4) is 0 Å². The average molecular weight is 474 g/mol. The van der Waals surface area contributed by atoms with E-state index in [4.69, 9.17) is 4.42 Å². The molecule has 0 saturated heterocycles. The zero-order valence-electron chi connectivity index (χ0n) is 17.0. The minimum atomic E-state index is -4.84. The second-order valence-corrected chi connectivity index (χ2v) is 9.11. The number of imidazole rings is 1. The maximum atomic E-state index is 13.7. The van der Waals surface area contributed by atoms with Gasteiger partial charge < -0.3 is 19.6 Å². The molecule has 2 aliphatic rings. The highest BCUT2D eigenvalue weighted by atomic mass is 32.1. The molecule has 2 N–H and O–H groups in total. The predicted octanol–water partition coefficient (Wildman–Crippen LogP) is 4.39. The number of thiazole rings is 1. The number of nitrogens with zero attached hydrogens (tertiary/aromatic N) is 4. The van der Waals surface area contributed by atoms with Crippen molar-refractivity contribution < 1.29 is 22.4 Å². The predicted molar refractivity (Wildman–Crippen MR) is 113 cm³/mol. The number of rotatable bonds is 4. The molecular formula is C21H17F3N6O2S. The molecule has 33 heavy (non-hydrogen) atoms. The number of hydrogen-bond donors (Lipinski definition) is 2. The first-order valence-corrected chi connectivity index (χ1v) is 11.2. The molecular weight excluding hydrogens is 457 g/mol. The van der Waals surface area contributed by atoms with Gasteiger partial charge in [-0.2, -0.15) is 18.2 Å². The molecule has 1 aliphatic carbocycles. The number of nitrogens with one attached hydrogen (secondary N) is 2. The zero-order valence-corrected chi connectivity index (χ0v) is 17.8. The number of amides is 1. The molecule has 12 heteroatoms. The van der Waals surface area contributed by atoms with Crippen molar-refractivity contribution in [1.29, 1.82) is 0 Å². The minimum Gasteiger partial charge on any atom is -0.418 e. The standard InChI is InChI=1S/C21H17F3N6O2S/c22-21(23,24)17-16(32-20(29-17)27-10-5-6-10)19(31)30-8-7-12-14(26-9-25-12)15(30)18-28-11-3-1-2-4-13(11)33-18/h1-4,9-10,15H,5-8H2,(H,25,26)(H,27,29)/t15-/m0/s1. The third-order valence-electron chi connectivity index (χ3n) is 5.73. The van der Waals surface area contributed by atoms with Gasteiger partial charge in [0, 0.05) is 24.7 Å². The van der Waals surface area contributed by atoms with Crippen molar-refractivity contribution in [3.63, 3.8) is 0 Å².